The molecule has 88 valence electrons. The van der Waals surface area contributed by atoms with Crippen molar-refractivity contribution in [3.8, 4) is 0 Å². The molecule has 0 radical (unpaired) electrons. The minimum absolute atomic E-state index is 0.0641. The summed E-state index contributed by atoms with van der Waals surface area (Å²) in [6, 6.07) is 0. The second-order valence-corrected chi connectivity index (χ2v) is 5.43. The van der Waals surface area contributed by atoms with Gasteiger partial charge >= 0.3 is 0 Å². The van der Waals surface area contributed by atoms with Gasteiger partial charge < -0.3 is 11.1 Å². The molecule has 0 unspecified atom stereocenters. The molecule has 1 aromatic rings. The first kappa shape index (κ1) is 12.4. The lowest BCUT2D eigenvalue weighted by Gasteiger charge is -2.07. The number of aromatic nitrogens is 2. The standard InChI is InChI=1S/C8H12N4O3S/c1-5-10-3-6(7(9)13)8(12-5)11-4-16(2,14)15/h3H,4H2,1-2H3,(H2,9,13)(H,10,11,12). The Bertz CT molecular complexity index is 512. The predicted octanol–water partition coefficient (Wildman–Crippen LogP) is -0.702. The topological polar surface area (TPSA) is 115 Å². The van der Waals surface area contributed by atoms with E-state index < -0.39 is 15.7 Å². The van der Waals surface area contributed by atoms with Gasteiger partial charge in [-0.2, -0.15) is 0 Å². The van der Waals surface area contributed by atoms with Crippen LogP contribution in [-0.2, 0) is 9.84 Å². The molecule has 7 nitrogen and oxygen atoms in total. The Hall–Kier alpha value is -1.70. The van der Waals surface area contributed by atoms with E-state index in [1.54, 1.807) is 6.92 Å². The minimum Gasteiger partial charge on any atom is -0.365 e. The Morgan fingerprint density at radius 3 is 2.69 bits per heavy atom. The average molecular weight is 244 g/mol. The summed E-state index contributed by atoms with van der Waals surface area (Å²) in [6.07, 6.45) is 2.33. The van der Waals surface area contributed by atoms with Crippen molar-refractivity contribution in [3.05, 3.63) is 17.6 Å². The molecule has 0 aliphatic rings. The molecule has 3 N–H and O–H groups in total. The average Bonchev–Trinajstić information content (AvgIpc) is 2.13. The van der Waals surface area contributed by atoms with Crippen molar-refractivity contribution in [2.24, 2.45) is 5.73 Å². The number of carbonyl (C=O) groups is 1. The van der Waals surface area contributed by atoms with Crippen LogP contribution in [0.25, 0.3) is 0 Å². The van der Waals surface area contributed by atoms with E-state index in [2.05, 4.69) is 15.3 Å². The van der Waals surface area contributed by atoms with Crippen LogP contribution >= 0.6 is 0 Å². The van der Waals surface area contributed by atoms with Crippen LogP contribution in [-0.4, -0.2) is 36.4 Å². The molecule has 0 spiro atoms. The number of nitrogens with zero attached hydrogens (tertiary/aromatic N) is 2. The first-order chi connectivity index (χ1) is 7.29. The van der Waals surface area contributed by atoms with Gasteiger partial charge in [0.05, 0.1) is 5.56 Å². The van der Waals surface area contributed by atoms with E-state index in [9.17, 15) is 13.2 Å². The van der Waals surface area contributed by atoms with Crippen LogP contribution in [0.15, 0.2) is 6.20 Å². The molecule has 0 aliphatic heterocycles. The predicted molar refractivity (Wildman–Crippen MR) is 58.6 cm³/mol. The molecule has 8 heteroatoms. The third-order valence-corrected chi connectivity index (χ3v) is 2.35. The number of sulfone groups is 1. The van der Waals surface area contributed by atoms with E-state index in [1.807, 2.05) is 0 Å². The van der Waals surface area contributed by atoms with Crippen molar-refractivity contribution in [1.82, 2.24) is 9.97 Å². The number of hydrogen-bond donors (Lipinski definition) is 2. The van der Waals surface area contributed by atoms with Crippen molar-refractivity contribution >= 4 is 21.6 Å². The van der Waals surface area contributed by atoms with Gasteiger partial charge in [-0.15, -0.1) is 0 Å². The van der Waals surface area contributed by atoms with E-state index in [1.165, 1.54) is 6.20 Å². The molecule has 0 aliphatic carbocycles. The normalized spacial score (nSPS) is 11.1. The summed E-state index contributed by atoms with van der Waals surface area (Å²) in [5.41, 5.74) is 5.16. The maximum absolute atomic E-state index is 11.0. The lowest BCUT2D eigenvalue weighted by Crippen LogP contribution is -2.20. The molecule has 0 saturated carbocycles. The van der Waals surface area contributed by atoms with Gasteiger partial charge in [0, 0.05) is 12.5 Å². The van der Waals surface area contributed by atoms with Gasteiger partial charge in [-0.3, -0.25) is 4.79 Å². The van der Waals surface area contributed by atoms with Crippen LogP contribution in [0.5, 0.6) is 0 Å². The first-order valence-electron chi connectivity index (χ1n) is 4.34. The number of aryl methyl sites for hydroxylation is 1. The monoisotopic (exact) mass is 244 g/mol. The van der Waals surface area contributed by atoms with E-state index in [-0.39, 0.29) is 17.3 Å². The summed E-state index contributed by atoms with van der Waals surface area (Å²) in [6.45, 7) is 1.62. The van der Waals surface area contributed by atoms with Crippen LogP contribution in [0.3, 0.4) is 0 Å². The third kappa shape index (κ3) is 3.46. The second kappa shape index (κ2) is 4.44. The second-order valence-electron chi connectivity index (χ2n) is 3.29. The van der Waals surface area contributed by atoms with E-state index in [4.69, 9.17) is 5.73 Å². The summed E-state index contributed by atoms with van der Waals surface area (Å²) < 4.78 is 21.9. The SMILES string of the molecule is Cc1ncc(C(N)=O)c(NCS(C)(=O)=O)n1. The maximum atomic E-state index is 11.0. The van der Waals surface area contributed by atoms with Crippen molar-refractivity contribution < 1.29 is 13.2 Å². The summed E-state index contributed by atoms with van der Waals surface area (Å²) in [5.74, 6) is -0.480. The minimum atomic E-state index is -3.20. The van der Waals surface area contributed by atoms with Crippen molar-refractivity contribution in [1.29, 1.82) is 0 Å². The van der Waals surface area contributed by atoms with Gasteiger partial charge in [-0.25, -0.2) is 18.4 Å². The molecule has 0 fully saturated rings. The molecule has 0 bridgehead atoms. The summed E-state index contributed by atoms with van der Waals surface area (Å²) in [7, 11) is -3.20. The number of primary amides is 1. The Balaban J connectivity index is 3.01. The number of nitrogens with two attached hydrogens (primary N) is 1. The Morgan fingerprint density at radius 1 is 1.56 bits per heavy atom. The zero-order chi connectivity index (χ0) is 12.3. The summed E-state index contributed by atoms with van der Waals surface area (Å²) >= 11 is 0. The van der Waals surface area contributed by atoms with Crippen LogP contribution < -0.4 is 11.1 Å². The number of hydrogen-bond acceptors (Lipinski definition) is 6. The zero-order valence-corrected chi connectivity index (χ0v) is 9.71. The fraction of sp³-hybridized carbons (Fsp3) is 0.375. The highest BCUT2D eigenvalue weighted by Crippen LogP contribution is 2.10. The third-order valence-electron chi connectivity index (χ3n) is 1.68. The fourth-order valence-corrected chi connectivity index (χ4v) is 1.38. The van der Waals surface area contributed by atoms with Gasteiger partial charge in [-0.1, -0.05) is 0 Å². The van der Waals surface area contributed by atoms with Crippen molar-refractivity contribution in [2.75, 3.05) is 17.4 Å². The van der Waals surface area contributed by atoms with E-state index in [0.29, 0.717) is 5.82 Å². The molecule has 1 aromatic heterocycles. The van der Waals surface area contributed by atoms with Crippen LogP contribution in [0.4, 0.5) is 5.82 Å². The Kier molecular flexibility index (Phi) is 3.43. The smallest absolute Gasteiger partial charge is 0.254 e. The molecule has 1 amide bonds. The van der Waals surface area contributed by atoms with Gasteiger partial charge in [0.2, 0.25) is 0 Å². The number of carbonyl (C=O) groups excluding carboxylic acids is 1. The molecule has 1 heterocycles. The Labute approximate surface area is 93.0 Å². The molecule has 16 heavy (non-hydrogen) atoms. The highest BCUT2D eigenvalue weighted by Gasteiger charge is 2.12. The van der Waals surface area contributed by atoms with Gasteiger partial charge in [-0.05, 0) is 6.92 Å². The van der Waals surface area contributed by atoms with Crippen molar-refractivity contribution in [3.63, 3.8) is 0 Å². The molecule has 0 saturated heterocycles. The van der Waals surface area contributed by atoms with Gasteiger partial charge in [0.25, 0.3) is 5.91 Å². The highest BCUT2D eigenvalue weighted by molar-refractivity contribution is 7.90. The van der Waals surface area contributed by atoms with Crippen LogP contribution in [0.1, 0.15) is 16.2 Å². The molecule has 0 aromatic carbocycles. The number of nitrogens with one attached hydrogen (secondary N) is 1. The van der Waals surface area contributed by atoms with Gasteiger partial charge in [0.1, 0.15) is 17.5 Å². The summed E-state index contributed by atoms with van der Waals surface area (Å²) in [5, 5.41) is 2.54. The fourth-order valence-electron chi connectivity index (χ4n) is 0.985. The quantitative estimate of drug-likeness (QED) is 0.723. The summed E-state index contributed by atoms with van der Waals surface area (Å²) in [4.78, 5) is 18.7. The van der Waals surface area contributed by atoms with Gasteiger partial charge in [0.15, 0.2) is 9.84 Å². The number of amides is 1. The van der Waals surface area contributed by atoms with E-state index >= 15 is 0 Å². The highest BCUT2D eigenvalue weighted by atomic mass is 32.2. The zero-order valence-electron chi connectivity index (χ0n) is 8.89. The number of anilines is 1. The lowest BCUT2D eigenvalue weighted by molar-refractivity contribution is 0.100. The van der Waals surface area contributed by atoms with E-state index in [0.717, 1.165) is 6.26 Å². The first-order valence-corrected chi connectivity index (χ1v) is 6.40. The van der Waals surface area contributed by atoms with Crippen LogP contribution in [0, 0.1) is 6.92 Å². The molecular weight excluding hydrogens is 232 g/mol. The van der Waals surface area contributed by atoms with Crippen LogP contribution in [0.2, 0.25) is 0 Å². The molecule has 1 rings (SSSR count). The largest absolute Gasteiger partial charge is 0.365 e. The lowest BCUT2D eigenvalue weighted by atomic mass is 10.3. The maximum Gasteiger partial charge on any atom is 0.254 e. The number of rotatable bonds is 4. The molecular formula is C8H12N4O3S. The molecule has 0 atom stereocenters. The Morgan fingerprint density at radius 2 is 2.19 bits per heavy atom. The van der Waals surface area contributed by atoms with Crippen molar-refractivity contribution in [2.45, 2.75) is 6.92 Å².